The van der Waals surface area contributed by atoms with E-state index in [1.54, 1.807) is 19.1 Å². The first-order chi connectivity index (χ1) is 17.2. The Balaban J connectivity index is 1.33. The first kappa shape index (κ1) is 26.0. The highest BCUT2D eigenvalue weighted by atomic mass is 35.5. The number of halogens is 2. The van der Waals surface area contributed by atoms with Gasteiger partial charge >= 0.3 is 0 Å². The Morgan fingerprint density at radius 2 is 1.97 bits per heavy atom. The minimum Gasteiger partial charge on any atom is -0.391 e. The van der Waals surface area contributed by atoms with Crippen molar-refractivity contribution in [1.29, 1.82) is 0 Å². The molecule has 1 aliphatic carbocycles. The fourth-order valence-electron chi connectivity index (χ4n) is 4.51. The highest BCUT2D eigenvalue weighted by Crippen LogP contribution is 2.33. The number of carbonyl (C=O) groups is 2. The minimum atomic E-state index is -1.01. The van der Waals surface area contributed by atoms with Crippen LogP contribution in [0.1, 0.15) is 66.6 Å². The smallest absolute Gasteiger partial charge is 0.270 e. The summed E-state index contributed by atoms with van der Waals surface area (Å²) in [7, 11) is 0. The Kier molecular flexibility index (Phi) is 8.15. The summed E-state index contributed by atoms with van der Waals surface area (Å²) in [5.74, 6) is -0.531. The van der Waals surface area contributed by atoms with Crippen LogP contribution < -0.4 is 10.6 Å². The minimum absolute atomic E-state index is 0.00582. The third-order valence-electron chi connectivity index (χ3n) is 6.52. The number of nitrogens with one attached hydrogen (secondary N) is 2. The Bertz CT molecular complexity index is 1170. The maximum absolute atomic E-state index is 13.4. The molecular weight excluding hydrogens is 489 g/mol. The van der Waals surface area contributed by atoms with Crippen LogP contribution >= 0.6 is 11.6 Å². The molecule has 9 nitrogen and oxygen atoms in total. The second-order valence-corrected chi connectivity index (χ2v) is 9.71. The van der Waals surface area contributed by atoms with Crippen molar-refractivity contribution in [2.45, 2.75) is 70.7 Å². The van der Waals surface area contributed by atoms with Crippen LogP contribution in [-0.2, 0) is 16.2 Å². The second-order valence-electron chi connectivity index (χ2n) is 9.30. The Morgan fingerprint density at radius 3 is 2.67 bits per heavy atom. The molecule has 1 aromatic heterocycles. The molecule has 0 radical (unpaired) electrons. The highest BCUT2D eigenvalue weighted by molar-refractivity contribution is 6.30. The topological polar surface area (TPSA) is 126 Å². The molecule has 0 bridgehead atoms. The molecule has 0 spiro atoms. The van der Waals surface area contributed by atoms with Crippen LogP contribution in [0.2, 0.25) is 5.02 Å². The number of oxime groups is 1. The van der Waals surface area contributed by atoms with Crippen molar-refractivity contribution in [2.75, 3.05) is 0 Å². The Morgan fingerprint density at radius 1 is 1.22 bits per heavy atom. The van der Waals surface area contributed by atoms with E-state index in [2.05, 4.69) is 25.8 Å². The van der Waals surface area contributed by atoms with Crippen LogP contribution in [-0.4, -0.2) is 50.9 Å². The number of nitrogens with zero attached hydrogens (tertiary/aromatic N) is 3. The van der Waals surface area contributed by atoms with Gasteiger partial charge in [0.1, 0.15) is 35.3 Å². The van der Waals surface area contributed by atoms with Gasteiger partial charge < -0.3 is 20.6 Å². The normalized spacial score (nSPS) is 22.4. The van der Waals surface area contributed by atoms with Crippen LogP contribution in [0.3, 0.4) is 0 Å². The number of hydrogen-bond acceptors (Lipinski definition) is 7. The fraction of sp³-hybridized carbons (Fsp3) is 0.480. The number of aryl methyl sites for hydroxylation is 1. The highest BCUT2D eigenvalue weighted by Gasteiger charge is 2.34. The van der Waals surface area contributed by atoms with Crippen LogP contribution in [0.5, 0.6) is 0 Å². The number of benzene rings is 1. The fourth-order valence-corrected chi connectivity index (χ4v) is 4.72. The molecule has 0 saturated heterocycles. The van der Waals surface area contributed by atoms with Gasteiger partial charge in [-0.3, -0.25) is 9.59 Å². The van der Waals surface area contributed by atoms with Crippen molar-refractivity contribution in [1.82, 2.24) is 20.6 Å². The molecule has 0 unspecified atom stereocenters. The lowest BCUT2D eigenvalue weighted by atomic mass is 9.81. The molecule has 2 amide bonds. The largest absolute Gasteiger partial charge is 0.391 e. The number of amides is 2. The number of aliphatic hydroxyl groups is 1. The summed E-state index contributed by atoms with van der Waals surface area (Å²) < 4.78 is 13.4. The first-order valence-electron chi connectivity index (χ1n) is 12.0. The van der Waals surface area contributed by atoms with E-state index >= 15 is 0 Å². The number of aliphatic hydroxyl groups excluding tert-OH is 1. The van der Waals surface area contributed by atoms with Gasteiger partial charge in [0.05, 0.1) is 10.7 Å². The third-order valence-corrected chi connectivity index (χ3v) is 6.81. The zero-order chi connectivity index (χ0) is 25.8. The quantitative estimate of drug-likeness (QED) is 0.518. The van der Waals surface area contributed by atoms with Gasteiger partial charge in [-0.2, -0.15) is 0 Å². The third kappa shape index (κ3) is 6.36. The molecule has 2 heterocycles. The van der Waals surface area contributed by atoms with Gasteiger partial charge in [0, 0.05) is 19.0 Å². The van der Waals surface area contributed by atoms with Gasteiger partial charge in [0.15, 0.2) is 0 Å². The average Bonchev–Trinajstić information content (AvgIpc) is 3.35. The molecule has 1 fully saturated rings. The van der Waals surface area contributed by atoms with Crippen LogP contribution in [0.25, 0.3) is 0 Å². The zero-order valence-corrected chi connectivity index (χ0v) is 20.9. The summed E-state index contributed by atoms with van der Waals surface area (Å²) in [6, 6.07) is 5.92. The molecule has 4 rings (SSSR count). The average molecular weight is 518 g/mol. The molecule has 2 atom stereocenters. The molecule has 1 saturated carbocycles. The maximum Gasteiger partial charge on any atom is 0.270 e. The molecule has 2 aliphatic rings. The van der Waals surface area contributed by atoms with E-state index in [1.165, 1.54) is 19.1 Å². The Labute approximate surface area is 213 Å². The van der Waals surface area contributed by atoms with E-state index in [-0.39, 0.29) is 35.3 Å². The van der Waals surface area contributed by atoms with Crippen molar-refractivity contribution in [3.8, 4) is 0 Å². The Hall–Kier alpha value is -3.11. The van der Waals surface area contributed by atoms with Crippen molar-refractivity contribution < 1.29 is 23.9 Å². The summed E-state index contributed by atoms with van der Waals surface area (Å²) in [5.41, 5.74) is 2.07. The maximum atomic E-state index is 13.4. The molecule has 1 aliphatic heterocycles. The standard InChI is InChI=1S/C25H29ClFN5O4/c1-13(33)24(34)31-17-6-4-16(5-7-17)23-11-21(32-36-23)20-10-22(30-14(2)29-20)25(35)28-12-15-3-8-19(27)18(26)9-15/h3,8-10,13,16-17,23,33H,4-7,11-12H2,1-2H3,(H,28,35)(H,31,34)/t13-,16?,17?,23+/m0/s1. The molecule has 2 aromatic rings. The van der Waals surface area contributed by atoms with Gasteiger partial charge in [-0.05, 0) is 69.2 Å². The summed E-state index contributed by atoms with van der Waals surface area (Å²) in [4.78, 5) is 38.9. The van der Waals surface area contributed by atoms with Crippen molar-refractivity contribution in [2.24, 2.45) is 11.1 Å². The predicted molar refractivity (Wildman–Crippen MR) is 131 cm³/mol. The van der Waals surface area contributed by atoms with Crippen molar-refractivity contribution in [3.63, 3.8) is 0 Å². The second kappa shape index (κ2) is 11.3. The number of aromatic nitrogens is 2. The summed E-state index contributed by atoms with van der Waals surface area (Å²) in [5, 5.41) is 19.3. The van der Waals surface area contributed by atoms with Gasteiger partial charge in [0.25, 0.3) is 5.91 Å². The molecule has 192 valence electrons. The van der Waals surface area contributed by atoms with E-state index in [4.69, 9.17) is 16.4 Å². The first-order valence-corrected chi connectivity index (χ1v) is 12.4. The lowest BCUT2D eigenvalue weighted by Gasteiger charge is -2.31. The zero-order valence-electron chi connectivity index (χ0n) is 20.1. The summed E-state index contributed by atoms with van der Waals surface area (Å²) in [6.07, 6.45) is 2.85. The molecule has 36 heavy (non-hydrogen) atoms. The van der Waals surface area contributed by atoms with E-state index in [1.807, 2.05) is 0 Å². The predicted octanol–water partition coefficient (Wildman–Crippen LogP) is 3.06. The number of rotatable bonds is 7. The molecule has 11 heteroatoms. The molecular formula is C25H29ClFN5O4. The lowest BCUT2D eigenvalue weighted by molar-refractivity contribution is -0.129. The number of carbonyl (C=O) groups excluding carboxylic acids is 2. The van der Waals surface area contributed by atoms with Crippen molar-refractivity contribution in [3.05, 3.63) is 57.9 Å². The van der Waals surface area contributed by atoms with E-state index < -0.39 is 17.8 Å². The summed E-state index contributed by atoms with van der Waals surface area (Å²) in [6.45, 7) is 3.33. The van der Waals surface area contributed by atoms with Gasteiger partial charge in [-0.1, -0.05) is 22.8 Å². The van der Waals surface area contributed by atoms with Crippen molar-refractivity contribution >= 4 is 29.1 Å². The SMILES string of the molecule is Cc1nc(C(=O)NCc2ccc(F)c(Cl)c2)cc(C2=NO[C@@H](C3CCC(NC(=O)[C@H](C)O)CC3)C2)n1. The van der Waals surface area contributed by atoms with Gasteiger partial charge in [-0.15, -0.1) is 0 Å². The van der Waals surface area contributed by atoms with Crippen LogP contribution in [0.4, 0.5) is 4.39 Å². The molecule has 3 N–H and O–H groups in total. The van der Waals surface area contributed by atoms with E-state index in [0.717, 1.165) is 25.7 Å². The van der Waals surface area contributed by atoms with Gasteiger partial charge in [-0.25, -0.2) is 14.4 Å². The monoisotopic (exact) mass is 517 g/mol. The lowest BCUT2D eigenvalue weighted by Crippen LogP contribution is -2.43. The molecule has 1 aromatic carbocycles. The van der Waals surface area contributed by atoms with E-state index in [9.17, 15) is 19.1 Å². The number of hydrogen-bond donors (Lipinski definition) is 3. The van der Waals surface area contributed by atoms with Gasteiger partial charge in [0.2, 0.25) is 5.91 Å². The van der Waals surface area contributed by atoms with Crippen LogP contribution in [0, 0.1) is 18.7 Å². The summed E-state index contributed by atoms with van der Waals surface area (Å²) >= 11 is 5.81. The van der Waals surface area contributed by atoms with Crippen LogP contribution in [0.15, 0.2) is 29.4 Å². The van der Waals surface area contributed by atoms with E-state index in [0.29, 0.717) is 35.1 Å².